The highest BCUT2D eigenvalue weighted by Crippen LogP contribution is 2.66. The van der Waals surface area contributed by atoms with Crippen molar-refractivity contribution in [1.29, 1.82) is 0 Å². The average molecular weight is 389 g/mol. The van der Waals surface area contributed by atoms with Crippen LogP contribution in [-0.2, 0) is 0 Å². The molecule has 2 N–H and O–H groups in total. The summed E-state index contributed by atoms with van der Waals surface area (Å²) in [6, 6.07) is 8.38. The second kappa shape index (κ2) is 6.07. The van der Waals surface area contributed by atoms with Crippen molar-refractivity contribution < 1.29 is 5.11 Å². The third-order valence-electron chi connectivity index (χ3n) is 9.30. The Morgan fingerprint density at radius 2 is 1.83 bits per heavy atom. The molecule has 2 aromatic rings. The van der Waals surface area contributed by atoms with E-state index >= 15 is 0 Å². The van der Waals surface area contributed by atoms with E-state index in [1.165, 1.54) is 31.3 Å². The number of rotatable bonds is 1. The van der Waals surface area contributed by atoms with Crippen LogP contribution in [0.4, 0.5) is 0 Å². The van der Waals surface area contributed by atoms with Gasteiger partial charge in [0.25, 0.3) is 0 Å². The number of H-pyrrole nitrogens is 1. The molecule has 4 aliphatic rings. The standard InChI is InChI=1S/C26H32N2O/c1-25-13-11-17(29)15-16(25)7-8-18-19-9-10-21(26(19,2)14-12-20(18)25)24-27-22-5-3-4-6-23(22)28-24/h3-7,10,17-20,29H,8-9,11-15H2,1-2H3,(H,27,28)/t17-,18-,19-,20-,25-,26-/m0/s1. The molecule has 0 unspecified atom stereocenters. The molecule has 1 aromatic heterocycles. The lowest BCUT2D eigenvalue weighted by Gasteiger charge is -2.57. The Bertz CT molecular complexity index is 999. The topological polar surface area (TPSA) is 48.9 Å². The summed E-state index contributed by atoms with van der Waals surface area (Å²) in [6.45, 7) is 5.01. The maximum Gasteiger partial charge on any atom is 0.134 e. The van der Waals surface area contributed by atoms with E-state index in [2.05, 4.69) is 55.2 Å². The third-order valence-corrected chi connectivity index (χ3v) is 9.30. The van der Waals surface area contributed by atoms with E-state index in [1.54, 1.807) is 5.57 Å². The number of imidazole rings is 1. The predicted octanol–water partition coefficient (Wildman–Crippen LogP) is 5.88. The Balaban J connectivity index is 1.34. The van der Waals surface area contributed by atoms with Gasteiger partial charge in [0.15, 0.2) is 0 Å². The van der Waals surface area contributed by atoms with Crippen LogP contribution in [0.15, 0.2) is 42.0 Å². The molecular formula is C26H32N2O. The van der Waals surface area contributed by atoms with Crippen LogP contribution in [-0.4, -0.2) is 21.2 Å². The van der Waals surface area contributed by atoms with Crippen LogP contribution in [0.3, 0.4) is 0 Å². The molecule has 6 rings (SSSR count). The molecule has 0 spiro atoms. The Morgan fingerprint density at radius 3 is 2.69 bits per heavy atom. The zero-order valence-corrected chi connectivity index (χ0v) is 17.6. The number of aliphatic hydroxyl groups excluding tert-OH is 1. The zero-order valence-electron chi connectivity index (χ0n) is 17.6. The van der Waals surface area contributed by atoms with Gasteiger partial charge in [-0.3, -0.25) is 0 Å². The molecule has 3 heteroatoms. The van der Waals surface area contributed by atoms with Crippen LogP contribution in [0.25, 0.3) is 16.6 Å². The first-order valence-corrected chi connectivity index (χ1v) is 11.5. The summed E-state index contributed by atoms with van der Waals surface area (Å²) in [5.74, 6) is 3.34. The van der Waals surface area contributed by atoms with E-state index in [9.17, 15) is 5.11 Å². The fourth-order valence-corrected chi connectivity index (χ4v) is 7.66. The minimum Gasteiger partial charge on any atom is -0.393 e. The van der Waals surface area contributed by atoms with Gasteiger partial charge in [0, 0.05) is 0 Å². The SMILES string of the molecule is C[C@]12CC[C@H](O)CC1=CC[C@@H]1[C@@H]2CC[C@]2(C)C(c3nc4ccccc4[nH]3)=CC[C@@H]12. The van der Waals surface area contributed by atoms with Gasteiger partial charge in [0.2, 0.25) is 0 Å². The normalized spacial score (nSPS) is 41.3. The highest BCUT2D eigenvalue weighted by Gasteiger charge is 2.57. The van der Waals surface area contributed by atoms with Crippen LogP contribution < -0.4 is 0 Å². The summed E-state index contributed by atoms with van der Waals surface area (Å²) >= 11 is 0. The number of aromatic nitrogens is 2. The van der Waals surface area contributed by atoms with Gasteiger partial charge in [0.05, 0.1) is 17.1 Å². The first-order chi connectivity index (χ1) is 14.0. The van der Waals surface area contributed by atoms with Crippen molar-refractivity contribution in [2.75, 3.05) is 0 Å². The van der Waals surface area contributed by atoms with Gasteiger partial charge >= 0.3 is 0 Å². The molecular weight excluding hydrogens is 356 g/mol. The molecule has 152 valence electrons. The van der Waals surface area contributed by atoms with Crippen molar-refractivity contribution in [3.05, 3.63) is 47.8 Å². The molecule has 2 saturated carbocycles. The van der Waals surface area contributed by atoms with Gasteiger partial charge in [0.1, 0.15) is 5.82 Å². The van der Waals surface area contributed by atoms with Crippen molar-refractivity contribution >= 4 is 16.6 Å². The average Bonchev–Trinajstić information content (AvgIpc) is 3.28. The number of allylic oxidation sites excluding steroid dienone is 3. The molecule has 6 atom stereocenters. The van der Waals surface area contributed by atoms with Crippen molar-refractivity contribution in [1.82, 2.24) is 9.97 Å². The fraction of sp³-hybridized carbons (Fsp3) is 0.577. The molecule has 1 heterocycles. The monoisotopic (exact) mass is 388 g/mol. The number of aromatic amines is 1. The van der Waals surface area contributed by atoms with E-state index in [4.69, 9.17) is 4.98 Å². The Morgan fingerprint density at radius 1 is 1.00 bits per heavy atom. The summed E-state index contributed by atoms with van der Waals surface area (Å²) in [7, 11) is 0. The first-order valence-electron chi connectivity index (χ1n) is 11.5. The molecule has 2 fully saturated rings. The van der Waals surface area contributed by atoms with Gasteiger partial charge in [-0.05, 0) is 91.2 Å². The molecule has 29 heavy (non-hydrogen) atoms. The second-order valence-electron chi connectivity index (χ2n) is 10.6. The third kappa shape index (κ3) is 2.43. The Labute approximate surface area is 173 Å². The largest absolute Gasteiger partial charge is 0.393 e. The van der Waals surface area contributed by atoms with Crippen molar-refractivity contribution in [2.24, 2.45) is 28.6 Å². The summed E-state index contributed by atoms with van der Waals surface area (Å²) < 4.78 is 0. The highest BCUT2D eigenvalue weighted by atomic mass is 16.3. The van der Waals surface area contributed by atoms with Gasteiger partial charge in [-0.25, -0.2) is 4.98 Å². The number of fused-ring (bicyclic) bond motifs is 6. The quantitative estimate of drug-likeness (QED) is 0.599. The van der Waals surface area contributed by atoms with E-state index in [1.807, 2.05) is 0 Å². The van der Waals surface area contributed by atoms with Crippen LogP contribution in [0.2, 0.25) is 0 Å². The van der Waals surface area contributed by atoms with E-state index in [-0.39, 0.29) is 11.5 Å². The predicted molar refractivity (Wildman–Crippen MR) is 117 cm³/mol. The molecule has 1 aromatic carbocycles. The summed E-state index contributed by atoms with van der Waals surface area (Å²) in [5, 5.41) is 10.2. The fourth-order valence-electron chi connectivity index (χ4n) is 7.66. The number of aliphatic hydroxyl groups is 1. The highest BCUT2D eigenvalue weighted by molar-refractivity contribution is 5.80. The molecule has 0 aliphatic heterocycles. The minimum atomic E-state index is -0.118. The number of hydrogen-bond acceptors (Lipinski definition) is 2. The van der Waals surface area contributed by atoms with Gasteiger partial charge < -0.3 is 10.1 Å². The second-order valence-corrected chi connectivity index (χ2v) is 10.6. The number of benzene rings is 1. The number of nitrogens with one attached hydrogen (secondary N) is 1. The molecule has 0 amide bonds. The van der Waals surface area contributed by atoms with Gasteiger partial charge in [-0.1, -0.05) is 43.7 Å². The lowest BCUT2D eigenvalue weighted by molar-refractivity contribution is -0.0239. The van der Waals surface area contributed by atoms with Gasteiger partial charge in [-0.2, -0.15) is 0 Å². The summed E-state index contributed by atoms with van der Waals surface area (Å²) in [4.78, 5) is 8.57. The summed E-state index contributed by atoms with van der Waals surface area (Å²) in [6.07, 6.45) is 12.9. The Kier molecular flexibility index (Phi) is 3.76. The van der Waals surface area contributed by atoms with Crippen LogP contribution in [0.5, 0.6) is 0 Å². The van der Waals surface area contributed by atoms with Crippen molar-refractivity contribution in [2.45, 2.75) is 64.9 Å². The zero-order chi connectivity index (χ0) is 19.8. The van der Waals surface area contributed by atoms with E-state index in [0.29, 0.717) is 11.3 Å². The maximum atomic E-state index is 10.2. The number of hydrogen-bond donors (Lipinski definition) is 2. The number of para-hydroxylation sites is 2. The lowest BCUT2D eigenvalue weighted by atomic mass is 9.47. The van der Waals surface area contributed by atoms with Crippen LogP contribution in [0.1, 0.15) is 64.6 Å². The molecule has 0 bridgehead atoms. The van der Waals surface area contributed by atoms with Crippen molar-refractivity contribution in [3.8, 4) is 0 Å². The van der Waals surface area contributed by atoms with Crippen molar-refractivity contribution in [3.63, 3.8) is 0 Å². The van der Waals surface area contributed by atoms with Crippen LogP contribution in [0, 0.1) is 28.6 Å². The molecule has 0 radical (unpaired) electrons. The van der Waals surface area contributed by atoms with Gasteiger partial charge in [-0.15, -0.1) is 0 Å². The maximum absolute atomic E-state index is 10.2. The van der Waals surface area contributed by atoms with Crippen LogP contribution >= 0.6 is 0 Å². The first kappa shape index (κ1) is 17.9. The summed E-state index contributed by atoms with van der Waals surface area (Å²) in [5.41, 5.74) is 5.77. The number of nitrogens with zero attached hydrogens (tertiary/aromatic N) is 1. The molecule has 4 aliphatic carbocycles. The lowest BCUT2D eigenvalue weighted by Crippen LogP contribution is -2.49. The smallest absolute Gasteiger partial charge is 0.134 e. The van der Waals surface area contributed by atoms with E-state index in [0.717, 1.165) is 48.0 Å². The Hall–Kier alpha value is -1.87. The molecule has 3 nitrogen and oxygen atoms in total. The van der Waals surface area contributed by atoms with E-state index < -0.39 is 0 Å². The minimum absolute atomic E-state index is 0.118. The molecule has 0 saturated heterocycles.